The van der Waals surface area contributed by atoms with E-state index < -0.39 is 49.8 Å². The number of carbonyl (C=O) groups is 3. The fourth-order valence-corrected chi connectivity index (χ4v) is 1.01. The van der Waals surface area contributed by atoms with Gasteiger partial charge in [-0.15, -0.1) is 0 Å². The summed E-state index contributed by atoms with van der Waals surface area (Å²) < 4.78 is 39.2. The SMILES string of the molecule is O=C(O)CC(NC(=O)NCCOCC(F)(F)F)C(=O)O. The summed E-state index contributed by atoms with van der Waals surface area (Å²) in [4.78, 5) is 32.1. The maximum atomic E-state index is 11.7. The van der Waals surface area contributed by atoms with Crippen LogP contribution in [-0.4, -0.2) is 60.2 Å². The van der Waals surface area contributed by atoms with E-state index in [1.807, 2.05) is 10.6 Å². The number of hydrogen-bond acceptors (Lipinski definition) is 4. The number of halogens is 3. The van der Waals surface area contributed by atoms with E-state index >= 15 is 0 Å². The molecule has 2 amide bonds. The molecule has 0 saturated heterocycles. The molecule has 0 rings (SSSR count). The Morgan fingerprint density at radius 2 is 1.80 bits per heavy atom. The minimum atomic E-state index is -4.47. The van der Waals surface area contributed by atoms with Gasteiger partial charge in [0, 0.05) is 6.54 Å². The van der Waals surface area contributed by atoms with Crippen LogP contribution < -0.4 is 10.6 Å². The van der Waals surface area contributed by atoms with Gasteiger partial charge in [0.15, 0.2) is 0 Å². The molecule has 0 saturated carbocycles. The average Bonchev–Trinajstić information content (AvgIpc) is 2.25. The zero-order valence-corrected chi connectivity index (χ0v) is 10.1. The second-order valence-electron chi connectivity index (χ2n) is 3.56. The molecule has 1 unspecified atom stereocenters. The van der Waals surface area contributed by atoms with Crippen LogP contribution in [0.4, 0.5) is 18.0 Å². The summed E-state index contributed by atoms with van der Waals surface area (Å²) in [6.45, 7) is -2.18. The number of alkyl halides is 3. The normalized spacial score (nSPS) is 12.6. The molecule has 0 aromatic rings. The molecule has 0 aliphatic heterocycles. The molecule has 0 heterocycles. The fraction of sp³-hybridized carbons (Fsp3) is 0.667. The maximum absolute atomic E-state index is 11.7. The molecule has 20 heavy (non-hydrogen) atoms. The quantitative estimate of drug-likeness (QED) is 0.460. The molecule has 8 nitrogen and oxygen atoms in total. The number of ether oxygens (including phenoxy) is 1. The Kier molecular flexibility index (Phi) is 7.36. The van der Waals surface area contributed by atoms with Crippen molar-refractivity contribution in [2.75, 3.05) is 19.8 Å². The average molecular weight is 302 g/mol. The number of rotatable bonds is 8. The predicted molar refractivity (Wildman–Crippen MR) is 57.1 cm³/mol. The molecule has 0 aromatic carbocycles. The van der Waals surface area contributed by atoms with E-state index in [4.69, 9.17) is 10.2 Å². The van der Waals surface area contributed by atoms with E-state index in [2.05, 4.69) is 4.74 Å². The third kappa shape index (κ3) is 9.94. The first-order valence-electron chi connectivity index (χ1n) is 5.25. The van der Waals surface area contributed by atoms with Gasteiger partial charge in [-0.25, -0.2) is 9.59 Å². The number of carbonyl (C=O) groups excluding carboxylic acids is 1. The number of urea groups is 1. The Morgan fingerprint density at radius 1 is 1.20 bits per heavy atom. The highest BCUT2D eigenvalue weighted by Crippen LogP contribution is 2.13. The third-order valence-corrected chi connectivity index (χ3v) is 1.78. The van der Waals surface area contributed by atoms with Crippen LogP contribution >= 0.6 is 0 Å². The van der Waals surface area contributed by atoms with Crippen LogP contribution in [-0.2, 0) is 14.3 Å². The maximum Gasteiger partial charge on any atom is 0.411 e. The second-order valence-corrected chi connectivity index (χ2v) is 3.56. The van der Waals surface area contributed by atoms with Gasteiger partial charge in [-0.1, -0.05) is 0 Å². The van der Waals surface area contributed by atoms with Gasteiger partial charge in [-0.05, 0) is 0 Å². The zero-order valence-electron chi connectivity index (χ0n) is 10.1. The van der Waals surface area contributed by atoms with Gasteiger partial charge in [0.25, 0.3) is 0 Å². The van der Waals surface area contributed by atoms with Gasteiger partial charge in [0.1, 0.15) is 12.6 Å². The van der Waals surface area contributed by atoms with Crippen molar-refractivity contribution >= 4 is 18.0 Å². The summed E-state index contributed by atoms with van der Waals surface area (Å²) >= 11 is 0. The molecule has 0 bridgehead atoms. The van der Waals surface area contributed by atoms with E-state index in [9.17, 15) is 27.6 Å². The lowest BCUT2D eigenvalue weighted by atomic mass is 10.2. The molecule has 0 aliphatic carbocycles. The number of hydrogen-bond donors (Lipinski definition) is 4. The van der Waals surface area contributed by atoms with Crippen LogP contribution in [0.15, 0.2) is 0 Å². The summed E-state index contributed by atoms with van der Waals surface area (Å²) in [6, 6.07) is -2.65. The van der Waals surface area contributed by atoms with Crippen molar-refractivity contribution in [3.05, 3.63) is 0 Å². The van der Waals surface area contributed by atoms with Gasteiger partial charge < -0.3 is 25.6 Å². The van der Waals surface area contributed by atoms with Crippen molar-refractivity contribution in [2.45, 2.75) is 18.6 Å². The Morgan fingerprint density at radius 3 is 2.25 bits per heavy atom. The first kappa shape index (κ1) is 18.0. The van der Waals surface area contributed by atoms with Crippen molar-refractivity contribution in [1.82, 2.24) is 10.6 Å². The largest absolute Gasteiger partial charge is 0.481 e. The molecule has 0 aromatic heterocycles. The Balaban J connectivity index is 3.91. The molecule has 0 fully saturated rings. The second kappa shape index (κ2) is 8.19. The van der Waals surface area contributed by atoms with Crippen LogP contribution in [0.3, 0.4) is 0 Å². The molecule has 0 radical (unpaired) electrons. The lowest BCUT2D eigenvalue weighted by Crippen LogP contribution is -2.47. The van der Waals surface area contributed by atoms with Crippen molar-refractivity contribution in [1.29, 1.82) is 0 Å². The van der Waals surface area contributed by atoms with E-state index in [1.165, 1.54) is 0 Å². The molecular formula is C9H13F3N2O6. The molecule has 0 spiro atoms. The molecule has 116 valence electrons. The van der Waals surface area contributed by atoms with E-state index in [0.717, 1.165) is 0 Å². The Labute approximate surface area is 110 Å². The van der Waals surface area contributed by atoms with E-state index in [1.54, 1.807) is 0 Å². The third-order valence-electron chi connectivity index (χ3n) is 1.78. The van der Waals surface area contributed by atoms with Crippen LogP contribution in [0.2, 0.25) is 0 Å². The number of carboxylic acid groups (broad SMARTS) is 2. The van der Waals surface area contributed by atoms with Crippen LogP contribution in [0.1, 0.15) is 6.42 Å². The number of carboxylic acids is 2. The Bertz CT molecular complexity index is 360. The molecule has 1 atom stereocenters. The number of amides is 2. The van der Waals surface area contributed by atoms with Gasteiger partial charge in [0.05, 0.1) is 13.0 Å². The highest BCUT2D eigenvalue weighted by atomic mass is 19.4. The molecule has 4 N–H and O–H groups in total. The molecule has 11 heteroatoms. The van der Waals surface area contributed by atoms with Crippen molar-refractivity contribution < 1.29 is 42.5 Å². The minimum absolute atomic E-state index is 0.290. The highest BCUT2D eigenvalue weighted by molar-refractivity contribution is 5.86. The van der Waals surface area contributed by atoms with Gasteiger partial charge in [0.2, 0.25) is 0 Å². The van der Waals surface area contributed by atoms with Crippen molar-refractivity contribution in [3.63, 3.8) is 0 Å². The van der Waals surface area contributed by atoms with E-state index in [-0.39, 0.29) is 6.54 Å². The number of nitrogens with one attached hydrogen (secondary N) is 2. The zero-order chi connectivity index (χ0) is 15.8. The van der Waals surface area contributed by atoms with Crippen LogP contribution in [0, 0.1) is 0 Å². The first-order chi connectivity index (χ1) is 9.11. The summed E-state index contributed by atoms with van der Waals surface area (Å²) in [5.41, 5.74) is 0. The Hall–Kier alpha value is -2.04. The topological polar surface area (TPSA) is 125 Å². The van der Waals surface area contributed by atoms with Gasteiger partial charge >= 0.3 is 24.1 Å². The van der Waals surface area contributed by atoms with Gasteiger partial charge in [-0.2, -0.15) is 13.2 Å². The summed E-state index contributed by atoms with van der Waals surface area (Å²) in [6.07, 6.45) is -5.30. The first-order valence-corrected chi connectivity index (χ1v) is 5.25. The molecule has 0 aliphatic rings. The lowest BCUT2D eigenvalue weighted by Gasteiger charge is -2.13. The number of aliphatic carboxylic acids is 2. The fourth-order valence-electron chi connectivity index (χ4n) is 1.01. The monoisotopic (exact) mass is 302 g/mol. The van der Waals surface area contributed by atoms with Gasteiger partial charge in [-0.3, -0.25) is 4.79 Å². The van der Waals surface area contributed by atoms with Crippen molar-refractivity contribution in [3.8, 4) is 0 Å². The van der Waals surface area contributed by atoms with E-state index in [0.29, 0.717) is 0 Å². The molecular weight excluding hydrogens is 289 g/mol. The predicted octanol–water partition coefficient (Wildman–Crippen LogP) is -0.208. The highest BCUT2D eigenvalue weighted by Gasteiger charge is 2.27. The van der Waals surface area contributed by atoms with Crippen LogP contribution in [0.25, 0.3) is 0 Å². The standard InChI is InChI=1S/C9H13F3N2O6/c10-9(11,12)4-20-2-1-13-8(19)14-5(7(17)18)3-6(15)16/h5H,1-4H2,(H,15,16)(H,17,18)(H2,13,14,19). The lowest BCUT2D eigenvalue weighted by molar-refractivity contribution is -0.173. The summed E-state index contributed by atoms with van der Waals surface area (Å²) in [7, 11) is 0. The summed E-state index contributed by atoms with van der Waals surface area (Å²) in [5.74, 6) is -2.97. The minimum Gasteiger partial charge on any atom is -0.481 e. The smallest absolute Gasteiger partial charge is 0.411 e. The van der Waals surface area contributed by atoms with Crippen LogP contribution in [0.5, 0.6) is 0 Å². The summed E-state index contributed by atoms with van der Waals surface area (Å²) in [5, 5.41) is 20.9. The van der Waals surface area contributed by atoms with Crippen molar-refractivity contribution in [2.24, 2.45) is 0 Å².